The van der Waals surface area contributed by atoms with Crippen molar-refractivity contribution >= 4 is 29.6 Å². The Morgan fingerprint density at radius 1 is 0.974 bits per heavy atom. The van der Waals surface area contributed by atoms with Gasteiger partial charge in [-0.05, 0) is 25.0 Å². The van der Waals surface area contributed by atoms with Gasteiger partial charge in [0.2, 0.25) is 5.91 Å². The number of carbonyl (C=O) groups is 5. The number of piperidine rings is 1. The first kappa shape index (κ1) is 29.0. The van der Waals surface area contributed by atoms with Crippen LogP contribution in [-0.4, -0.2) is 110 Å². The number of hydrogen-bond acceptors (Lipinski definition) is 10. The van der Waals surface area contributed by atoms with Crippen molar-refractivity contribution in [1.82, 2.24) is 15.5 Å². The smallest absolute Gasteiger partial charge is 0.305 e. The first-order chi connectivity index (χ1) is 18.3. The summed E-state index contributed by atoms with van der Waals surface area (Å²) in [4.78, 5) is 61.5. The zero-order valence-electron chi connectivity index (χ0n) is 20.7. The zero-order chi connectivity index (χ0) is 27.5. The number of nitrogens with zero attached hydrogens (tertiary/aromatic N) is 1. The molecule has 2 aliphatic rings. The molecule has 3 rings (SSSR count). The summed E-state index contributed by atoms with van der Waals surface area (Å²) in [5.74, 6) is -3.28. The van der Waals surface area contributed by atoms with Crippen LogP contribution in [0, 0.1) is 0 Å². The number of carbonyl (C=O) groups excluding carboxylic acids is 4. The van der Waals surface area contributed by atoms with Crippen molar-refractivity contribution in [3.8, 4) is 5.75 Å². The number of aliphatic hydroxyl groups is 1. The summed E-state index contributed by atoms with van der Waals surface area (Å²) in [6.45, 7) is 1.36. The first-order valence-corrected chi connectivity index (χ1v) is 12.1. The van der Waals surface area contributed by atoms with Crippen molar-refractivity contribution in [3.05, 3.63) is 29.3 Å². The second-order valence-corrected chi connectivity index (χ2v) is 8.40. The van der Waals surface area contributed by atoms with Crippen molar-refractivity contribution in [2.24, 2.45) is 0 Å². The SMILES string of the molecule is O=C(O)CCOCCOCCOCCNC(=O)COc1cccc2c1C(=O)N(C1CCC(O)NC1=O)C2=O. The summed E-state index contributed by atoms with van der Waals surface area (Å²) in [5.41, 5.74) is 0.0640. The van der Waals surface area contributed by atoms with Gasteiger partial charge < -0.3 is 39.8 Å². The highest BCUT2D eigenvalue weighted by Gasteiger charge is 2.45. The fourth-order valence-electron chi connectivity index (χ4n) is 3.86. The number of nitrogens with one attached hydrogen (secondary N) is 2. The minimum Gasteiger partial charge on any atom is -0.483 e. The van der Waals surface area contributed by atoms with Gasteiger partial charge in [0.05, 0.1) is 57.2 Å². The van der Waals surface area contributed by atoms with Crippen LogP contribution < -0.4 is 15.4 Å². The molecule has 1 saturated heterocycles. The number of imide groups is 1. The average Bonchev–Trinajstić information content (AvgIpc) is 3.13. The number of carboxylic acid groups (broad SMARTS) is 1. The van der Waals surface area contributed by atoms with Crippen molar-refractivity contribution in [3.63, 3.8) is 0 Å². The number of fused-ring (bicyclic) bond motifs is 1. The Labute approximate surface area is 218 Å². The number of hydrogen-bond donors (Lipinski definition) is 4. The van der Waals surface area contributed by atoms with Crippen molar-refractivity contribution < 1.29 is 53.1 Å². The number of ether oxygens (including phenoxy) is 4. The summed E-state index contributed by atoms with van der Waals surface area (Å²) < 4.78 is 21.2. The van der Waals surface area contributed by atoms with Crippen LogP contribution in [0.5, 0.6) is 5.75 Å². The van der Waals surface area contributed by atoms with E-state index in [1.54, 1.807) is 0 Å². The molecule has 38 heavy (non-hydrogen) atoms. The predicted molar refractivity (Wildman–Crippen MR) is 127 cm³/mol. The maximum absolute atomic E-state index is 13.0. The lowest BCUT2D eigenvalue weighted by molar-refractivity contribution is -0.138. The fraction of sp³-hybridized carbons (Fsp3) is 0.542. The van der Waals surface area contributed by atoms with E-state index in [0.29, 0.717) is 19.8 Å². The second kappa shape index (κ2) is 14.4. The summed E-state index contributed by atoms with van der Waals surface area (Å²) in [5, 5.41) is 23.0. The van der Waals surface area contributed by atoms with Crippen molar-refractivity contribution in [1.29, 1.82) is 0 Å². The molecule has 2 heterocycles. The van der Waals surface area contributed by atoms with Gasteiger partial charge in [-0.15, -0.1) is 0 Å². The molecule has 2 aliphatic heterocycles. The lowest BCUT2D eigenvalue weighted by Crippen LogP contribution is -2.55. The summed E-state index contributed by atoms with van der Waals surface area (Å²) >= 11 is 0. The average molecular weight is 538 g/mol. The Balaban J connectivity index is 1.34. The molecule has 208 valence electrons. The van der Waals surface area contributed by atoms with Gasteiger partial charge in [0.25, 0.3) is 17.7 Å². The fourth-order valence-corrected chi connectivity index (χ4v) is 3.86. The zero-order valence-corrected chi connectivity index (χ0v) is 20.7. The van der Waals surface area contributed by atoms with Crippen molar-refractivity contribution in [2.75, 3.05) is 52.8 Å². The van der Waals surface area contributed by atoms with E-state index in [4.69, 9.17) is 24.1 Å². The Kier molecular flexibility index (Phi) is 11.0. The molecule has 2 atom stereocenters. The van der Waals surface area contributed by atoms with Crippen LogP contribution in [0.25, 0.3) is 0 Å². The number of amides is 4. The number of aliphatic hydroxyl groups excluding tert-OH is 1. The Bertz CT molecular complexity index is 1030. The van der Waals surface area contributed by atoms with Gasteiger partial charge in [0.1, 0.15) is 18.0 Å². The Hall–Kier alpha value is -3.59. The van der Waals surface area contributed by atoms with Gasteiger partial charge in [-0.3, -0.25) is 28.9 Å². The minimum atomic E-state index is -1.04. The van der Waals surface area contributed by atoms with Gasteiger partial charge in [-0.1, -0.05) is 6.07 Å². The molecule has 14 nitrogen and oxygen atoms in total. The van der Waals surface area contributed by atoms with E-state index in [-0.39, 0.29) is 62.5 Å². The molecule has 4 amide bonds. The minimum absolute atomic E-state index is 0.0140. The summed E-state index contributed by atoms with van der Waals surface area (Å²) in [6, 6.07) is 3.39. The topological polar surface area (TPSA) is 190 Å². The summed E-state index contributed by atoms with van der Waals surface area (Å²) in [6.07, 6.45) is -0.742. The van der Waals surface area contributed by atoms with Crippen LogP contribution in [0.1, 0.15) is 40.0 Å². The van der Waals surface area contributed by atoms with E-state index in [1.807, 2.05) is 0 Å². The van der Waals surface area contributed by atoms with Crippen molar-refractivity contribution in [2.45, 2.75) is 31.5 Å². The van der Waals surface area contributed by atoms with Gasteiger partial charge in [0.15, 0.2) is 6.61 Å². The molecule has 2 unspecified atom stereocenters. The highest BCUT2D eigenvalue weighted by molar-refractivity contribution is 6.24. The standard InChI is InChI=1S/C24H31N3O11/c28-18-5-4-16(22(32)26-18)27-23(33)15-2-1-3-17(21(15)24(27)34)38-14-19(29)25-7-9-36-11-13-37-12-10-35-8-6-20(30)31/h1-3,16,18,28H,4-14H2,(H,25,29)(H,26,32)(H,30,31). The largest absolute Gasteiger partial charge is 0.483 e. The Morgan fingerprint density at radius 3 is 2.34 bits per heavy atom. The van der Waals surface area contributed by atoms with E-state index < -0.39 is 48.5 Å². The first-order valence-electron chi connectivity index (χ1n) is 12.1. The third-order valence-corrected chi connectivity index (χ3v) is 5.68. The third kappa shape index (κ3) is 7.95. The van der Waals surface area contributed by atoms with Crippen LogP contribution in [0.3, 0.4) is 0 Å². The number of carboxylic acids is 1. The normalized spacial score (nSPS) is 18.8. The van der Waals surface area contributed by atoms with Gasteiger partial charge in [-0.25, -0.2) is 0 Å². The lowest BCUT2D eigenvalue weighted by Gasteiger charge is -2.31. The molecule has 0 radical (unpaired) electrons. The molecular formula is C24H31N3O11. The predicted octanol–water partition coefficient (Wildman–Crippen LogP) is -1.10. The maximum Gasteiger partial charge on any atom is 0.305 e. The molecule has 0 saturated carbocycles. The molecule has 0 bridgehead atoms. The van der Waals surface area contributed by atoms with E-state index in [2.05, 4.69) is 10.6 Å². The molecular weight excluding hydrogens is 506 g/mol. The highest BCUT2D eigenvalue weighted by Crippen LogP contribution is 2.33. The number of rotatable bonds is 16. The van der Waals surface area contributed by atoms with Gasteiger partial charge in [-0.2, -0.15) is 0 Å². The van der Waals surface area contributed by atoms with Crippen LogP contribution in [0.4, 0.5) is 0 Å². The van der Waals surface area contributed by atoms with Crippen LogP contribution in [-0.2, 0) is 28.6 Å². The Morgan fingerprint density at radius 2 is 1.66 bits per heavy atom. The molecule has 0 spiro atoms. The van der Waals surface area contributed by atoms with E-state index in [0.717, 1.165) is 4.90 Å². The second-order valence-electron chi connectivity index (χ2n) is 8.40. The third-order valence-electron chi connectivity index (χ3n) is 5.68. The van der Waals surface area contributed by atoms with Crippen LogP contribution >= 0.6 is 0 Å². The molecule has 4 N–H and O–H groups in total. The van der Waals surface area contributed by atoms with Gasteiger partial charge >= 0.3 is 5.97 Å². The quantitative estimate of drug-likeness (QED) is 0.148. The van der Waals surface area contributed by atoms with E-state index in [1.165, 1.54) is 18.2 Å². The lowest BCUT2D eigenvalue weighted by atomic mass is 10.0. The van der Waals surface area contributed by atoms with Crippen LogP contribution in [0.15, 0.2) is 18.2 Å². The molecule has 0 aliphatic carbocycles. The van der Waals surface area contributed by atoms with Crippen LogP contribution in [0.2, 0.25) is 0 Å². The molecule has 1 aromatic rings. The van der Waals surface area contributed by atoms with Gasteiger partial charge in [0, 0.05) is 6.54 Å². The maximum atomic E-state index is 13.0. The number of aliphatic carboxylic acids is 1. The van der Waals surface area contributed by atoms with E-state index >= 15 is 0 Å². The number of benzene rings is 1. The van der Waals surface area contributed by atoms with E-state index in [9.17, 15) is 29.1 Å². The molecule has 0 aromatic heterocycles. The monoisotopic (exact) mass is 537 g/mol. The molecule has 1 fully saturated rings. The summed E-state index contributed by atoms with van der Waals surface area (Å²) in [7, 11) is 0. The molecule has 1 aromatic carbocycles. The molecule has 14 heteroatoms. The highest BCUT2D eigenvalue weighted by atomic mass is 16.5.